The lowest BCUT2D eigenvalue weighted by atomic mass is 10.2. The molecule has 0 aliphatic rings. The Hall–Kier alpha value is -1.06. The van der Waals surface area contributed by atoms with E-state index < -0.39 is 0 Å². The van der Waals surface area contributed by atoms with Crippen LogP contribution in [0.25, 0.3) is 0 Å². The first kappa shape index (κ1) is 16.9. The molecule has 0 fully saturated rings. The van der Waals surface area contributed by atoms with Crippen LogP contribution in [0.3, 0.4) is 0 Å². The van der Waals surface area contributed by atoms with Crippen molar-refractivity contribution in [3.05, 3.63) is 0 Å². The summed E-state index contributed by atoms with van der Waals surface area (Å²) in [6, 6.07) is 0. The molecule has 106 valence electrons. The van der Waals surface area contributed by atoms with Crippen LogP contribution in [-0.4, -0.2) is 24.6 Å². The van der Waals surface area contributed by atoms with Crippen LogP contribution in [0.4, 0.5) is 0 Å². The standard InChI is InChI=1S/C14H26O4/c1-4-6-11-17-13(15)9-7-10-14(16)18-12(3)8-5-2/h12H,4-11H2,1-3H3. The molecule has 0 bridgehead atoms. The van der Waals surface area contributed by atoms with Gasteiger partial charge in [-0.25, -0.2) is 0 Å². The van der Waals surface area contributed by atoms with Crippen molar-refractivity contribution in [2.24, 2.45) is 0 Å². The van der Waals surface area contributed by atoms with E-state index in [-0.39, 0.29) is 24.5 Å². The summed E-state index contributed by atoms with van der Waals surface area (Å²) >= 11 is 0. The van der Waals surface area contributed by atoms with Gasteiger partial charge in [-0.05, 0) is 26.2 Å². The predicted molar refractivity (Wildman–Crippen MR) is 70.2 cm³/mol. The van der Waals surface area contributed by atoms with E-state index in [1.807, 2.05) is 13.8 Å². The van der Waals surface area contributed by atoms with Crippen LogP contribution >= 0.6 is 0 Å². The molecule has 0 aromatic heterocycles. The number of carbonyl (C=O) groups excluding carboxylic acids is 2. The Morgan fingerprint density at radius 2 is 1.67 bits per heavy atom. The van der Waals surface area contributed by atoms with Crippen LogP contribution in [0.15, 0.2) is 0 Å². The van der Waals surface area contributed by atoms with Crippen LogP contribution in [0.5, 0.6) is 0 Å². The highest BCUT2D eigenvalue weighted by molar-refractivity contribution is 5.72. The molecular formula is C14H26O4. The maximum atomic E-state index is 11.4. The molecule has 0 amide bonds. The first-order valence-electron chi connectivity index (χ1n) is 6.95. The van der Waals surface area contributed by atoms with Gasteiger partial charge in [-0.2, -0.15) is 0 Å². The van der Waals surface area contributed by atoms with E-state index in [9.17, 15) is 9.59 Å². The fourth-order valence-corrected chi connectivity index (χ4v) is 1.53. The summed E-state index contributed by atoms with van der Waals surface area (Å²) in [4.78, 5) is 22.6. The minimum atomic E-state index is -0.225. The monoisotopic (exact) mass is 258 g/mol. The third-order valence-corrected chi connectivity index (χ3v) is 2.55. The Labute approximate surface area is 110 Å². The van der Waals surface area contributed by atoms with Gasteiger partial charge in [-0.15, -0.1) is 0 Å². The van der Waals surface area contributed by atoms with Crippen molar-refractivity contribution in [2.75, 3.05) is 6.61 Å². The number of unbranched alkanes of at least 4 members (excludes halogenated alkanes) is 1. The molecule has 1 unspecified atom stereocenters. The highest BCUT2D eigenvalue weighted by atomic mass is 16.5. The zero-order chi connectivity index (χ0) is 13.8. The minimum Gasteiger partial charge on any atom is -0.466 e. The minimum absolute atomic E-state index is 0.0287. The van der Waals surface area contributed by atoms with Gasteiger partial charge < -0.3 is 9.47 Å². The van der Waals surface area contributed by atoms with E-state index in [4.69, 9.17) is 9.47 Å². The summed E-state index contributed by atoms with van der Waals surface area (Å²) < 4.78 is 10.2. The lowest BCUT2D eigenvalue weighted by molar-refractivity contribution is -0.149. The Bertz CT molecular complexity index is 238. The zero-order valence-electron chi connectivity index (χ0n) is 11.9. The van der Waals surface area contributed by atoms with Gasteiger partial charge in [0.2, 0.25) is 0 Å². The van der Waals surface area contributed by atoms with Gasteiger partial charge in [-0.3, -0.25) is 9.59 Å². The van der Waals surface area contributed by atoms with Crippen molar-refractivity contribution >= 4 is 11.9 Å². The average molecular weight is 258 g/mol. The Balaban J connectivity index is 3.52. The zero-order valence-corrected chi connectivity index (χ0v) is 11.9. The summed E-state index contributed by atoms with van der Waals surface area (Å²) in [6.07, 6.45) is 4.83. The van der Waals surface area contributed by atoms with Crippen LogP contribution in [-0.2, 0) is 19.1 Å². The van der Waals surface area contributed by atoms with Gasteiger partial charge in [0.1, 0.15) is 0 Å². The summed E-state index contributed by atoms with van der Waals surface area (Å²) in [7, 11) is 0. The van der Waals surface area contributed by atoms with Crippen molar-refractivity contribution in [1.82, 2.24) is 0 Å². The predicted octanol–water partition coefficient (Wildman–Crippen LogP) is 3.23. The van der Waals surface area contributed by atoms with Gasteiger partial charge in [0.05, 0.1) is 12.7 Å². The molecule has 0 saturated carbocycles. The molecule has 0 aliphatic carbocycles. The van der Waals surface area contributed by atoms with Crippen LogP contribution in [0, 0.1) is 0 Å². The van der Waals surface area contributed by atoms with E-state index >= 15 is 0 Å². The average Bonchev–Trinajstić information content (AvgIpc) is 2.29. The number of hydrogen-bond donors (Lipinski definition) is 0. The number of ether oxygens (including phenoxy) is 2. The molecule has 0 aromatic carbocycles. The van der Waals surface area contributed by atoms with Gasteiger partial charge >= 0.3 is 11.9 Å². The van der Waals surface area contributed by atoms with Gasteiger partial charge in [0.15, 0.2) is 0 Å². The SMILES string of the molecule is CCCCOC(=O)CCCC(=O)OC(C)CCC. The normalized spacial score (nSPS) is 11.9. The van der Waals surface area contributed by atoms with Crippen molar-refractivity contribution in [1.29, 1.82) is 0 Å². The number of hydrogen-bond acceptors (Lipinski definition) is 4. The van der Waals surface area contributed by atoms with Gasteiger partial charge in [0.25, 0.3) is 0 Å². The van der Waals surface area contributed by atoms with Gasteiger partial charge in [-0.1, -0.05) is 26.7 Å². The first-order valence-corrected chi connectivity index (χ1v) is 6.95. The second-order valence-corrected chi connectivity index (χ2v) is 4.52. The van der Waals surface area contributed by atoms with Gasteiger partial charge in [0, 0.05) is 12.8 Å². The molecule has 4 nitrogen and oxygen atoms in total. The summed E-state index contributed by atoms with van der Waals surface area (Å²) in [5.41, 5.74) is 0. The quantitative estimate of drug-likeness (QED) is 0.446. The topological polar surface area (TPSA) is 52.6 Å². The van der Waals surface area contributed by atoms with Crippen molar-refractivity contribution in [2.45, 2.75) is 71.8 Å². The molecule has 18 heavy (non-hydrogen) atoms. The van der Waals surface area contributed by atoms with E-state index in [1.54, 1.807) is 0 Å². The molecule has 1 atom stereocenters. The van der Waals surface area contributed by atoms with Crippen molar-refractivity contribution in [3.8, 4) is 0 Å². The summed E-state index contributed by atoms with van der Waals surface area (Å²) in [5, 5.41) is 0. The molecule has 0 N–H and O–H groups in total. The van der Waals surface area contributed by atoms with E-state index in [1.165, 1.54) is 0 Å². The molecule has 0 spiro atoms. The smallest absolute Gasteiger partial charge is 0.306 e. The van der Waals surface area contributed by atoms with E-state index in [0.717, 1.165) is 25.7 Å². The molecule has 0 radical (unpaired) electrons. The lowest BCUT2D eigenvalue weighted by Gasteiger charge is -2.11. The lowest BCUT2D eigenvalue weighted by Crippen LogP contribution is -2.15. The molecular weight excluding hydrogens is 232 g/mol. The number of rotatable bonds is 10. The van der Waals surface area contributed by atoms with Crippen LogP contribution in [0.1, 0.15) is 65.7 Å². The van der Waals surface area contributed by atoms with Crippen LogP contribution in [0.2, 0.25) is 0 Å². The highest BCUT2D eigenvalue weighted by Gasteiger charge is 2.10. The number of esters is 2. The Kier molecular flexibility index (Phi) is 10.4. The molecule has 0 saturated heterocycles. The Morgan fingerprint density at radius 1 is 1.00 bits per heavy atom. The second kappa shape index (κ2) is 11.1. The molecule has 4 heteroatoms. The summed E-state index contributed by atoms with van der Waals surface area (Å²) in [5.74, 6) is -0.449. The maximum Gasteiger partial charge on any atom is 0.306 e. The Morgan fingerprint density at radius 3 is 2.28 bits per heavy atom. The molecule has 0 aromatic rings. The van der Waals surface area contributed by atoms with E-state index in [0.29, 0.717) is 19.4 Å². The van der Waals surface area contributed by atoms with E-state index in [2.05, 4.69) is 6.92 Å². The van der Waals surface area contributed by atoms with Crippen molar-refractivity contribution in [3.63, 3.8) is 0 Å². The maximum absolute atomic E-state index is 11.4. The van der Waals surface area contributed by atoms with Crippen LogP contribution < -0.4 is 0 Å². The fourth-order valence-electron chi connectivity index (χ4n) is 1.53. The largest absolute Gasteiger partial charge is 0.466 e. The summed E-state index contributed by atoms with van der Waals surface area (Å²) in [6.45, 7) is 6.46. The molecule has 0 rings (SSSR count). The fraction of sp³-hybridized carbons (Fsp3) is 0.857. The third kappa shape index (κ3) is 10.1. The third-order valence-electron chi connectivity index (χ3n) is 2.55. The molecule has 0 heterocycles. The highest BCUT2D eigenvalue weighted by Crippen LogP contribution is 2.06. The first-order chi connectivity index (χ1) is 8.60. The van der Waals surface area contributed by atoms with Crippen molar-refractivity contribution < 1.29 is 19.1 Å². The number of carbonyl (C=O) groups is 2. The molecule has 0 aliphatic heterocycles. The second-order valence-electron chi connectivity index (χ2n) is 4.52.